The molecule has 6 aliphatic heterocycles. The van der Waals surface area contributed by atoms with E-state index < -0.39 is 84.4 Å². The summed E-state index contributed by atoms with van der Waals surface area (Å²) in [4.78, 5) is 237. The van der Waals surface area contributed by atoms with Crippen LogP contribution in [0.25, 0.3) is 45.6 Å². The first-order valence-corrected chi connectivity index (χ1v) is 43.2. The Labute approximate surface area is 883 Å². The molecule has 0 radical (unpaired) electrons. The zero-order chi connectivity index (χ0) is 104. The average molecular weight is 2240 g/mol. The topological polar surface area (TPSA) is 602 Å². The fraction of sp³-hybridized carbons (Fsp3) is 0.315. The fourth-order valence-electron chi connectivity index (χ4n) is 15.0. The van der Waals surface area contributed by atoms with Crippen LogP contribution >= 0.6 is 0 Å². The van der Waals surface area contributed by atoms with Gasteiger partial charge < -0.3 is 73.7 Å². The van der Waals surface area contributed by atoms with Crippen molar-refractivity contribution >= 4 is 76.7 Å². The Morgan fingerprint density at radius 1 is 0.370 bits per heavy atom. The van der Waals surface area contributed by atoms with E-state index in [-0.39, 0.29) is 326 Å². The smallest absolute Gasteiger partial charge is 1.00 e. The maximum Gasteiger partial charge on any atom is 3.00 e. The van der Waals surface area contributed by atoms with Crippen molar-refractivity contribution < 1.29 is 253 Å². The summed E-state index contributed by atoms with van der Waals surface area (Å²) in [5.41, 5.74) is 13.5. The summed E-state index contributed by atoms with van der Waals surface area (Å²) >= 11 is 0. The summed E-state index contributed by atoms with van der Waals surface area (Å²) in [6, 6.07) is 26.5. The number of pyridine rings is 10. The first-order chi connectivity index (χ1) is 67.5. The monoisotopic (exact) mass is 2240 g/mol. The standard InChI is InChI=1S/C45H43N7O8.C41H39N11O10.C4F6O4.C2HF3O2.BrH.Eu.Li/c1-7-59-44(57)36-17-37(45(58)60-8-2)43-23-52-20-34-11-30(26(5)55)15-40(48-34)38-13-28(24(3)53)9-32(46-38)18-51(22-42(36)50-43)19-33-10-29(25(4)54)14-39(47-33)41-16-31(27(6)56)12-35(21-52)49-41;42-1-3-44-36(53)28-13-29(37(54)45-4-2-43)35-19-52-16-26-7-22(40(59)60)11-32(48-26)30-9-20(38(55)56)5-24(46-30)14-51(18-34(28)50-35)15-25-6-21(39(57)58)10-31(47-25)33-12-23(41(61)62)8-27(17-52)49-33;5-2(6,7)1(11)12-4(13-14-4)3(8,9)10;3-2(4,5)1-6-7-1;;;/h9-17H,7-8,18-23H2,1-6H3;5-13H,1-4,14-19,42-43H2,(H,44,53)(H,45,54)(H,55,56)(H,57,58)(H,59,60)(H,61,62);;1H;1H;;/q;;;;;+3;+1/p+1. The Balaban J connectivity index is 0.000000244. The Morgan fingerprint density at radius 3 is 0.781 bits per heavy atom. The van der Waals surface area contributed by atoms with Crippen LogP contribution in [0.5, 0.6) is 0 Å². The van der Waals surface area contributed by atoms with Gasteiger partial charge in [0.15, 0.2) is 23.1 Å². The third-order valence-electron chi connectivity index (χ3n) is 21.5. The normalized spacial score (nSPS) is 16.0. The van der Waals surface area contributed by atoms with Crippen molar-refractivity contribution in [3.63, 3.8) is 0 Å². The van der Waals surface area contributed by atoms with E-state index in [1.807, 2.05) is 9.80 Å². The molecule has 16 rings (SSSR count). The second-order valence-corrected chi connectivity index (χ2v) is 32.7. The molecule has 16 heterocycles. The van der Waals surface area contributed by atoms with Crippen LogP contribution in [-0.4, -0.2) is 237 Å². The number of hydrogen-bond donors (Lipinski definition) is 8. The van der Waals surface area contributed by atoms with Gasteiger partial charge in [0.1, 0.15) is 0 Å². The van der Waals surface area contributed by atoms with E-state index in [4.69, 9.17) is 59.3 Å². The molecule has 54 heteroatoms. The largest absolute Gasteiger partial charge is 3.00 e. The maximum atomic E-state index is 14.0. The molecule has 0 aliphatic carbocycles. The van der Waals surface area contributed by atoms with E-state index in [0.717, 1.165) is 0 Å². The number of nitrogens with one attached hydrogen (secondary N) is 2. The molecule has 760 valence electrons. The summed E-state index contributed by atoms with van der Waals surface area (Å²) in [5, 5.41) is 46.5. The zero-order valence-electron chi connectivity index (χ0n) is 78.0. The Morgan fingerprint density at radius 2 is 0.596 bits per heavy atom. The predicted octanol–water partition coefficient (Wildman–Crippen LogP) is 2.07. The van der Waals surface area contributed by atoms with Gasteiger partial charge in [-0.15, -0.1) is 9.78 Å². The van der Waals surface area contributed by atoms with Crippen LogP contribution in [0.2, 0.25) is 0 Å². The number of alkyl halides is 9. The maximum absolute atomic E-state index is 14.0. The summed E-state index contributed by atoms with van der Waals surface area (Å²) < 4.78 is 116. The third kappa shape index (κ3) is 29.3. The van der Waals surface area contributed by atoms with Gasteiger partial charge in [0.25, 0.3) is 11.8 Å². The van der Waals surface area contributed by atoms with Crippen molar-refractivity contribution in [2.45, 2.75) is 151 Å². The summed E-state index contributed by atoms with van der Waals surface area (Å²) in [6.45, 7) is 9.64. The number of carboxylic acids is 4. The Hall–Kier alpha value is -13.0. The van der Waals surface area contributed by atoms with Crippen molar-refractivity contribution in [2.24, 2.45) is 0 Å². The quantitative estimate of drug-likeness (QED) is 0.0109. The zero-order valence-corrected chi connectivity index (χ0v) is 82.0. The molecule has 2 saturated heterocycles. The second kappa shape index (κ2) is 48.6. The minimum atomic E-state index is -5.55. The molecule has 0 spiro atoms. The number of rotatable bonds is 19. The average Bonchev–Trinajstić information content (AvgIpc) is 1.60. The van der Waals surface area contributed by atoms with Crippen molar-refractivity contribution in [2.75, 3.05) is 39.4 Å². The number of carbonyl (C=O) groups is 13. The van der Waals surface area contributed by atoms with Crippen LogP contribution < -0.4 is 57.9 Å². The summed E-state index contributed by atoms with van der Waals surface area (Å²) in [5.74, 6) is -15.6. The SMILES string of the molecule is CCOC(=O)c1cc(C(=O)OCC)c2nc1CN1Cc3cc(C(C)=O)cc(n3)-c3cc(C(C)=O)cc(n3)CN(Cc3cc(C(C)=O)cc(n3)-c3cc(C(C)=O)cc(n3)C1)C2.FC(F)(F)C1OO1.O=C(OC1(C(F)(F)F)OO1)C(F)(F)F.[Br-].[Eu+3].[Li+].[NH3+]CCNC(=O)c1cc(C(=O)NCC[NH3+])c2nc1CN1Cc3cc(C(=O)O)cc(n3)-c3cc(C(=O)O)cc(n3)CN(Cc3cc(C(=O)O)cc(n3)-c3cc(C(=O)O)cc(n3)C1)C2. The third-order valence-corrected chi connectivity index (χ3v) is 21.5. The van der Waals surface area contributed by atoms with Crippen molar-refractivity contribution in [3.05, 3.63) is 244 Å². The van der Waals surface area contributed by atoms with Gasteiger partial charge in [0, 0.05) is 101 Å². The number of halogens is 10. The molecule has 24 bridgehead atoms. The van der Waals surface area contributed by atoms with E-state index in [1.54, 1.807) is 72.2 Å². The molecule has 10 aromatic rings. The van der Waals surface area contributed by atoms with Gasteiger partial charge in [0.05, 0.1) is 198 Å². The Bertz CT molecular complexity index is 6220. The van der Waals surface area contributed by atoms with Gasteiger partial charge in [0.2, 0.25) is 0 Å². The minimum absolute atomic E-state index is 0. The molecule has 10 aromatic heterocycles. The number of aromatic nitrogens is 10. The number of nitrogens with zero attached hydrogens (tertiary/aromatic N) is 14. The number of esters is 3. The van der Waals surface area contributed by atoms with E-state index in [2.05, 4.69) is 46.4 Å². The Kier molecular flexibility index (Phi) is 38.3. The second-order valence-electron chi connectivity index (χ2n) is 32.7. The van der Waals surface area contributed by atoms with Gasteiger partial charge in [-0.1, -0.05) is 0 Å². The molecule has 2 amide bonds. The van der Waals surface area contributed by atoms with Crippen molar-refractivity contribution in [3.8, 4) is 45.6 Å². The summed E-state index contributed by atoms with van der Waals surface area (Å²) in [7, 11) is 0. The molecular weight excluding hydrogens is 2150 g/mol. The molecule has 12 N–H and O–H groups in total. The minimum Gasteiger partial charge on any atom is -1.00 e. The number of ketones is 4. The number of carboxylic acid groups (broad SMARTS) is 4. The molecular formula is C92H85BrEuF9LiN18O24+5. The van der Waals surface area contributed by atoms with E-state index >= 15 is 0 Å². The van der Waals surface area contributed by atoms with Gasteiger partial charge >= 0.3 is 141 Å². The number of quaternary nitrogens is 2. The molecule has 0 unspecified atom stereocenters. The van der Waals surface area contributed by atoms with E-state index in [9.17, 15) is 122 Å². The first-order valence-electron chi connectivity index (χ1n) is 43.2. The number of ether oxygens (including phenoxy) is 3. The van der Waals surface area contributed by atoms with Crippen LogP contribution in [0.15, 0.2) is 109 Å². The molecule has 146 heavy (non-hydrogen) atoms. The number of carbonyl (C=O) groups excluding carboxylic acids is 9. The van der Waals surface area contributed by atoms with Crippen molar-refractivity contribution in [1.29, 1.82) is 0 Å². The van der Waals surface area contributed by atoms with Crippen LogP contribution in [0.3, 0.4) is 0 Å². The van der Waals surface area contributed by atoms with Gasteiger partial charge in [-0.05, 0) is 151 Å². The van der Waals surface area contributed by atoms with Crippen LogP contribution in [0.4, 0.5) is 39.5 Å². The number of Topliss-reactive ketones (excluding diaryl/α,β-unsaturated/α-hetero) is 4. The number of amides is 2. The fourth-order valence-corrected chi connectivity index (χ4v) is 15.0. The number of fused-ring (bicyclic) bond motifs is 24. The molecule has 2 fully saturated rings. The molecule has 0 atom stereocenters. The molecule has 0 saturated carbocycles. The molecule has 6 aliphatic rings. The van der Waals surface area contributed by atoms with Crippen LogP contribution in [-0.2, 0) is 117 Å². The van der Waals surface area contributed by atoms with Gasteiger partial charge in [-0.25, -0.2) is 73.4 Å². The summed E-state index contributed by atoms with van der Waals surface area (Å²) in [6.07, 6.45) is -17.2. The van der Waals surface area contributed by atoms with E-state index in [0.29, 0.717) is 80.9 Å². The molecule has 42 nitrogen and oxygen atoms in total. The van der Waals surface area contributed by atoms with Crippen LogP contribution in [0.1, 0.15) is 234 Å². The van der Waals surface area contributed by atoms with Crippen LogP contribution in [0, 0.1) is 49.4 Å². The first kappa shape index (κ1) is 115. The number of aromatic carboxylic acids is 4. The van der Waals surface area contributed by atoms with E-state index in [1.165, 1.54) is 88.4 Å². The van der Waals surface area contributed by atoms with Crippen molar-refractivity contribution in [1.82, 2.24) is 80.1 Å². The molecule has 0 aromatic carbocycles. The predicted molar refractivity (Wildman–Crippen MR) is 465 cm³/mol. The number of hydrogen-bond acceptors (Lipinski definition) is 34. The van der Waals surface area contributed by atoms with Gasteiger partial charge in [-0.2, -0.15) is 49.3 Å². The van der Waals surface area contributed by atoms with Gasteiger partial charge in [-0.3, -0.25) is 58.3 Å².